The molecule has 9 nitrogen and oxygen atoms in total. The van der Waals surface area contributed by atoms with E-state index in [2.05, 4.69) is 24.4 Å². The van der Waals surface area contributed by atoms with Gasteiger partial charge in [0.05, 0.1) is 29.1 Å². The summed E-state index contributed by atoms with van der Waals surface area (Å²) in [5.41, 5.74) is 7.36. The molecular formula is C39H36N4O5S. The molecule has 2 atom stereocenters. The van der Waals surface area contributed by atoms with Gasteiger partial charge in [0.1, 0.15) is 5.01 Å². The molecule has 3 heterocycles. The first-order valence-corrected chi connectivity index (χ1v) is 16.9. The first-order chi connectivity index (χ1) is 23.8. The van der Waals surface area contributed by atoms with Gasteiger partial charge in [0, 0.05) is 41.9 Å². The summed E-state index contributed by atoms with van der Waals surface area (Å²) in [6, 6.07) is 30.7. The number of fused-ring (bicyclic) bond motifs is 1. The van der Waals surface area contributed by atoms with E-state index in [1.165, 1.54) is 5.56 Å². The number of ether oxygens (including phenoxy) is 2. The smallest absolute Gasteiger partial charge is 0.290 e. The molecule has 0 spiro atoms. The minimum Gasteiger partial charge on any atom is -0.459 e. The molecule has 1 aliphatic heterocycles. The Morgan fingerprint density at radius 1 is 1.00 bits per heavy atom. The van der Waals surface area contributed by atoms with Crippen LogP contribution in [0.1, 0.15) is 40.3 Å². The van der Waals surface area contributed by atoms with Crippen LogP contribution in [0.4, 0.5) is 5.69 Å². The van der Waals surface area contributed by atoms with E-state index >= 15 is 0 Å². The molecule has 49 heavy (non-hydrogen) atoms. The highest BCUT2D eigenvalue weighted by Gasteiger charge is 2.33. The molecule has 0 radical (unpaired) electrons. The minimum absolute atomic E-state index is 0.0425. The number of amides is 1. The Morgan fingerprint density at radius 2 is 1.73 bits per heavy atom. The molecule has 1 amide bonds. The van der Waals surface area contributed by atoms with Crippen LogP contribution < -0.4 is 10.9 Å². The number of allylic oxidation sites excluding steroid dienone is 1. The van der Waals surface area contributed by atoms with Crippen molar-refractivity contribution in [3.05, 3.63) is 147 Å². The van der Waals surface area contributed by atoms with Crippen LogP contribution >= 0.6 is 11.3 Å². The molecule has 10 heteroatoms. The Balaban J connectivity index is 1.15. The maximum absolute atomic E-state index is 14.0. The summed E-state index contributed by atoms with van der Waals surface area (Å²) in [7, 11) is 1.85. The summed E-state index contributed by atoms with van der Waals surface area (Å²) < 4.78 is 16.9. The van der Waals surface area contributed by atoms with Crippen molar-refractivity contribution in [1.29, 1.82) is 0 Å². The van der Waals surface area contributed by atoms with E-state index in [9.17, 15) is 14.7 Å². The fourth-order valence-corrected chi connectivity index (χ4v) is 7.18. The van der Waals surface area contributed by atoms with E-state index in [4.69, 9.17) is 14.5 Å². The predicted octanol–water partition coefficient (Wildman–Crippen LogP) is 7.13. The summed E-state index contributed by atoms with van der Waals surface area (Å²) in [6.45, 7) is 4.16. The third-order valence-corrected chi connectivity index (χ3v) is 9.89. The van der Waals surface area contributed by atoms with Crippen molar-refractivity contribution in [3.8, 4) is 16.3 Å². The van der Waals surface area contributed by atoms with Gasteiger partial charge in [0.2, 0.25) is 6.29 Å². The average Bonchev–Trinajstić information content (AvgIpc) is 3.64. The zero-order chi connectivity index (χ0) is 34.1. The van der Waals surface area contributed by atoms with E-state index in [1.807, 2.05) is 104 Å². The molecule has 0 aliphatic carbocycles. The van der Waals surface area contributed by atoms with Crippen molar-refractivity contribution < 1.29 is 19.4 Å². The van der Waals surface area contributed by atoms with E-state index < -0.39 is 18.1 Å². The highest BCUT2D eigenvalue weighted by Crippen LogP contribution is 2.34. The molecule has 0 saturated heterocycles. The third-order valence-electron chi connectivity index (χ3n) is 8.83. The lowest BCUT2D eigenvalue weighted by Gasteiger charge is -2.29. The van der Waals surface area contributed by atoms with Gasteiger partial charge in [-0.25, -0.2) is 9.67 Å². The normalized spacial score (nSPS) is 16.0. The van der Waals surface area contributed by atoms with Crippen LogP contribution in [0.15, 0.2) is 114 Å². The third kappa shape index (κ3) is 6.71. The van der Waals surface area contributed by atoms with E-state index in [0.717, 1.165) is 43.3 Å². The Hall–Kier alpha value is -5.29. The van der Waals surface area contributed by atoms with Gasteiger partial charge >= 0.3 is 0 Å². The number of thiazole rings is 1. The molecule has 248 valence electrons. The largest absolute Gasteiger partial charge is 0.459 e. The Labute approximate surface area is 287 Å². The molecule has 2 N–H and O–H groups in total. The zero-order valence-corrected chi connectivity index (χ0v) is 28.2. The molecule has 2 unspecified atom stereocenters. The number of aliphatic hydroxyl groups is 1. The molecule has 0 bridgehead atoms. The van der Waals surface area contributed by atoms with Crippen molar-refractivity contribution in [2.75, 3.05) is 5.32 Å². The standard InChI is InChI=1S/C39H36N4O5S/c1-24-9-18-32-34(19-24)49-38(41-32)28-14-16-30(17-15-28)40-37(45)33-20-29(21-35(48-33)47-23-27-12-10-26(22-44)11-13-27)36-25(2)42(3)43(39(36)46)31-7-5-4-6-8-31/h4-20,29,35,44H,21-23H2,1-3H3,(H,40,45). The number of aryl methyl sites for hydroxylation is 1. The van der Waals surface area contributed by atoms with Crippen LogP contribution in [0.25, 0.3) is 26.5 Å². The van der Waals surface area contributed by atoms with Crippen LogP contribution in [-0.2, 0) is 34.5 Å². The quantitative estimate of drug-likeness (QED) is 0.169. The zero-order valence-electron chi connectivity index (χ0n) is 27.4. The molecule has 6 aromatic rings. The molecule has 0 fully saturated rings. The topological polar surface area (TPSA) is 108 Å². The Morgan fingerprint density at radius 3 is 2.47 bits per heavy atom. The van der Waals surface area contributed by atoms with Crippen molar-refractivity contribution in [2.24, 2.45) is 7.05 Å². The lowest BCUT2D eigenvalue weighted by molar-refractivity contribution is -0.147. The number of carbonyl (C=O) groups excluding carboxylic acids is 1. The second kappa shape index (κ2) is 13.7. The van der Waals surface area contributed by atoms with Crippen molar-refractivity contribution in [3.63, 3.8) is 0 Å². The van der Waals surface area contributed by atoms with Crippen LogP contribution in [-0.4, -0.2) is 31.7 Å². The Kier molecular flexibility index (Phi) is 9.01. The first kappa shape index (κ1) is 32.3. The number of hydrogen-bond acceptors (Lipinski definition) is 7. The number of nitrogens with zero attached hydrogens (tertiary/aromatic N) is 3. The van der Waals surface area contributed by atoms with Gasteiger partial charge in [0.15, 0.2) is 5.76 Å². The number of anilines is 1. The number of hydrogen-bond donors (Lipinski definition) is 2. The monoisotopic (exact) mass is 672 g/mol. The lowest BCUT2D eigenvalue weighted by Crippen LogP contribution is -2.31. The van der Waals surface area contributed by atoms with E-state index in [0.29, 0.717) is 17.7 Å². The summed E-state index contributed by atoms with van der Waals surface area (Å²) in [6.07, 6.45) is 1.28. The maximum Gasteiger partial charge on any atom is 0.290 e. The van der Waals surface area contributed by atoms with Crippen molar-refractivity contribution in [1.82, 2.24) is 14.3 Å². The molecular weight excluding hydrogens is 637 g/mol. The van der Waals surface area contributed by atoms with Gasteiger partial charge in [-0.15, -0.1) is 11.3 Å². The summed E-state index contributed by atoms with van der Waals surface area (Å²) >= 11 is 1.63. The van der Waals surface area contributed by atoms with Crippen molar-refractivity contribution in [2.45, 2.75) is 45.7 Å². The number of benzene rings is 4. The van der Waals surface area contributed by atoms with Gasteiger partial charge in [-0.1, -0.05) is 48.5 Å². The number of carbonyl (C=O) groups is 1. The maximum atomic E-state index is 14.0. The number of rotatable bonds is 9. The number of nitrogens with one attached hydrogen (secondary N) is 1. The SMILES string of the molecule is Cc1ccc2nc(-c3ccc(NC(=O)C4=CC(c5c(C)n(C)n(-c6ccccc6)c5=O)CC(OCc5ccc(CO)cc5)O4)cc3)sc2c1. The minimum atomic E-state index is -0.789. The fourth-order valence-electron chi connectivity index (χ4n) is 6.11. The van der Waals surface area contributed by atoms with Gasteiger partial charge in [-0.2, -0.15) is 0 Å². The van der Waals surface area contributed by atoms with Gasteiger partial charge in [-0.05, 0) is 85.1 Å². The van der Waals surface area contributed by atoms with E-state index in [1.54, 1.807) is 22.1 Å². The molecule has 7 rings (SSSR count). The first-order valence-electron chi connectivity index (χ1n) is 16.1. The molecule has 1 aliphatic rings. The molecule has 2 aromatic heterocycles. The van der Waals surface area contributed by atoms with Gasteiger partial charge in [0.25, 0.3) is 11.5 Å². The predicted molar refractivity (Wildman–Crippen MR) is 192 cm³/mol. The summed E-state index contributed by atoms with van der Waals surface area (Å²) in [4.78, 5) is 32.4. The highest BCUT2D eigenvalue weighted by atomic mass is 32.1. The van der Waals surface area contributed by atoms with Crippen LogP contribution in [0.5, 0.6) is 0 Å². The van der Waals surface area contributed by atoms with Crippen LogP contribution in [0.3, 0.4) is 0 Å². The number of aliphatic hydroxyl groups excluding tert-OH is 1. The van der Waals surface area contributed by atoms with Gasteiger partial charge < -0.3 is 19.9 Å². The van der Waals surface area contributed by atoms with Crippen LogP contribution in [0.2, 0.25) is 0 Å². The molecule has 4 aromatic carbocycles. The average molecular weight is 673 g/mol. The van der Waals surface area contributed by atoms with Gasteiger partial charge in [-0.3, -0.25) is 14.3 Å². The second-order valence-electron chi connectivity index (χ2n) is 12.2. The number of para-hydroxylation sites is 1. The number of aromatic nitrogens is 3. The summed E-state index contributed by atoms with van der Waals surface area (Å²) in [5.74, 6) is -0.799. The fraction of sp³-hybridized carbons (Fsp3) is 0.205. The lowest BCUT2D eigenvalue weighted by atomic mass is 9.93. The van der Waals surface area contributed by atoms with Crippen LogP contribution in [0, 0.1) is 13.8 Å². The summed E-state index contributed by atoms with van der Waals surface area (Å²) in [5, 5.41) is 13.3. The second-order valence-corrected chi connectivity index (χ2v) is 13.2. The highest BCUT2D eigenvalue weighted by molar-refractivity contribution is 7.21. The molecule has 0 saturated carbocycles. The Bertz CT molecular complexity index is 2220. The van der Waals surface area contributed by atoms with Crippen molar-refractivity contribution >= 4 is 33.1 Å². The van der Waals surface area contributed by atoms with E-state index in [-0.39, 0.29) is 24.5 Å².